The van der Waals surface area contributed by atoms with E-state index in [9.17, 15) is 8.78 Å². The lowest BCUT2D eigenvalue weighted by atomic mass is 10.1. The van der Waals surface area contributed by atoms with Crippen LogP contribution in [0, 0.1) is 0 Å². The molecule has 0 atom stereocenters. The Balaban J connectivity index is 2.10. The van der Waals surface area contributed by atoms with Gasteiger partial charge in [-0.2, -0.15) is 0 Å². The SMILES string of the molecule is FC(F)c1cccc(CNc2cc(Br)ccc2Cl)c1. The molecule has 100 valence electrons. The van der Waals surface area contributed by atoms with Crippen LogP contribution in [-0.2, 0) is 6.54 Å². The van der Waals surface area contributed by atoms with Gasteiger partial charge in [-0.3, -0.25) is 0 Å². The minimum atomic E-state index is -2.45. The minimum absolute atomic E-state index is 0.0274. The Morgan fingerprint density at radius 3 is 2.68 bits per heavy atom. The molecule has 2 aromatic carbocycles. The number of hydrogen-bond acceptors (Lipinski definition) is 1. The fraction of sp³-hybridized carbons (Fsp3) is 0.143. The molecule has 1 nitrogen and oxygen atoms in total. The molecule has 0 fully saturated rings. The Hall–Kier alpha value is -1.13. The molecular weight excluding hydrogens is 336 g/mol. The first-order valence-corrected chi connectivity index (χ1v) is 6.79. The van der Waals surface area contributed by atoms with Crippen LogP contribution < -0.4 is 5.32 Å². The van der Waals surface area contributed by atoms with Crippen molar-refractivity contribution in [3.05, 3.63) is 63.1 Å². The van der Waals surface area contributed by atoms with E-state index >= 15 is 0 Å². The third kappa shape index (κ3) is 3.91. The fourth-order valence-electron chi connectivity index (χ4n) is 1.67. The molecule has 0 aromatic heterocycles. The Kier molecular flexibility index (Phi) is 4.77. The van der Waals surface area contributed by atoms with Gasteiger partial charge in [-0.25, -0.2) is 8.78 Å². The van der Waals surface area contributed by atoms with Gasteiger partial charge in [0.1, 0.15) is 0 Å². The lowest BCUT2D eigenvalue weighted by molar-refractivity contribution is 0.151. The van der Waals surface area contributed by atoms with Crippen molar-refractivity contribution in [3.63, 3.8) is 0 Å². The van der Waals surface area contributed by atoms with Gasteiger partial charge < -0.3 is 5.32 Å². The first-order chi connectivity index (χ1) is 9.06. The number of hydrogen-bond donors (Lipinski definition) is 1. The summed E-state index contributed by atoms with van der Waals surface area (Å²) in [6.45, 7) is 0.441. The van der Waals surface area contributed by atoms with Gasteiger partial charge in [0.05, 0.1) is 10.7 Å². The maximum atomic E-state index is 12.6. The maximum absolute atomic E-state index is 12.6. The predicted molar refractivity (Wildman–Crippen MR) is 77.9 cm³/mol. The molecule has 0 saturated heterocycles. The van der Waals surface area contributed by atoms with Gasteiger partial charge in [-0.15, -0.1) is 0 Å². The molecule has 2 aromatic rings. The van der Waals surface area contributed by atoms with Crippen molar-refractivity contribution >= 4 is 33.2 Å². The molecule has 19 heavy (non-hydrogen) atoms. The van der Waals surface area contributed by atoms with Crippen LogP contribution in [0.2, 0.25) is 5.02 Å². The van der Waals surface area contributed by atoms with E-state index in [2.05, 4.69) is 21.2 Å². The Morgan fingerprint density at radius 2 is 1.95 bits per heavy atom. The van der Waals surface area contributed by atoms with Crippen LogP contribution in [0.4, 0.5) is 14.5 Å². The van der Waals surface area contributed by atoms with Crippen molar-refractivity contribution in [2.75, 3.05) is 5.32 Å². The van der Waals surface area contributed by atoms with Crippen molar-refractivity contribution in [2.24, 2.45) is 0 Å². The van der Waals surface area contributed by atoms with Crippen LogP contribution in [0.25, 0.3) is 0 Å². The first-order valence-electron chi connectivity index (χ1n) is 5.62. The lowest BCUT2D eigenvalue weighted by Gasteiger charge is -2.10. The van der Waals surface area contributed by atoms with Crippen LogP contribution in [0.3, 0.4) is 0 Å². The van der Waals surface area contributed by atoms with E-state index in [1.54, 1.807) is 18.2 Å². The lowest BCUT2D eigenvalue weighted by Crippen LogP contribution is -2.00. The van der Waals surface area contributed by atoms with E-state index < -0.39 is 6.43 Å². The number of benzene rings is 2. The predicted octanol–water partition coefficient (Wildman–Crippen LogP) is 5.65. The molecule has 0 spiro atoms. The van der Waals surface area contributed by atoms with Crippen molar-refractivity contribution in [1.29, 1.82) is 0 Å². The van der Waals surface area contributed by atoms with Crippen LogP contribution >= 0.6 is 27.5 Å². The molecule has 0 saturated carbocycles. The molecule has 0 aliphatic rings. The second-order valence-corrected chi connectivity index (χ2v) is 5.35. The monoisotopic (exact) mass is 345 g/mol. The van der Waals surface area contributed by atoms with Crippen LogP contribution in [-0.4, -0.2) is 0 Å². The van der Waals surface area contributed by atoms with E-state index in [0.717, 1.165) is 15.7 Å². The topological polar surface area (TPSA) is 12.0 Å². The quantitative estimate of drug-likeness (QED) is 0.754. The summed E-state index contributed by atoms with van der Waals surface area (Å²) in [4.78, 5) is 0. The smallest absolute Gasteiger partial charge is 0.263 e. The van der Waals surface area contributed by atoms with Gasteiger partial charge in [0.15, 0.2) is 0 Å². The average molecular weight is 347 g/mol. The summed E-state index contributed by atoms with van der Waals surface area (Å²) in [5.41, 5.74) is 1.58. The largest absolute Gasteiger partial charge is 0.380 e. The summed E-state index contributed by atoms with van der Waals surface area (Å²) >= 11 is 9.40. The van der Waals surface area contributed by atoms with Gasteiger partial charge in [-0.05, 0) is 29.8 Å². The standard InChI is InChI=1S/C14H11BrClF2N/c15-11-4-5-12(16)13(7-11)19-8-9-2-1-3-10(6-9)14(17)18/h1-7,14,19H,8H2. The van der Waals surface area contributed by atoms with Crippen molar-refractivity contribution in [2.45, 2.75) is 13.0 Å². The summed E-state index contributed by atoms with van der Waals surface area (Å²) in [5, 5.41) is 3.72. The van der Waals surface area contributed by atoms with Crippen molar-refractivity contribution < 1.29 is 8.78 Å². The van der Waals surface area contributed by atoms with Gasteiger partial charge in [0.25, 0.3) is 6.43 Å². The van der Waals surface area contributed by atoms with E-state index in [4.69, 9.17) is 11.6 Å². The number of anilines is 1. The highest BCUT2D eigenvalue weighted by atomic mass is 79.9. The normalized spacial score (nSPS) is 10.8. The fourth-order valence-corrected chi connectivity index (χ4v) is 2.21. The molecule has 0 unspecified atom stereocenters. The maximum Gasteiger partial charge on any atom is 0.263 e. The van der Waals surface area contributed by atoms with Crippen molar-refractivity contribution in [3.8, 4) is 0 Å². The zero-order valence-corrected chi connectivity index (χ0v) is 12.2. The van der Waals surface area contributed by atoms with E-state index in [1.807, 2.05) is 12.1 Å². The second-order valence-electron chi connectivity index (χ2n) is 4.02. The molecule has 5 heteroatoms. The minimum Gasteiger partial charge on any atom is -0.380 e. The van der Waals surface area contributed by atoms with E-state index in [0.29, 0.717) is 11.6 Å². The average Bonchev–Trinajstić information content (AvgIpc) is 2.40. The van der Waals surface area contributed by atoms with Gasteiger partial charge in [0, 0.05) is 16.6 Å². The van der Waals surface area contributed by atoms with E-state index in [-0.39, 0.29) is 5.56 Å². The second kappa shape index (κ2) is 6.35. The molecule has 0 heterocycles. The zero-order chi connectivity index (χ0) is 13.8. The van der Waals surface area contributed by atoms with Crippen LogP contribution in [0.5, 0.6) is 0 Å². The highest BCUT2D eigenvalue weighted by molar-refractivity contribution is 9.10. The molecule has 0 radical (unpaired) electrons. The highest BCUT2D eigenvalue weighted by Gasteiger charge is 2.07. The number of halogens is 4. The molecule has 2 rings (SSSR count). The summed E-state index contributed by atoms with van der Waals surface area (Å²) in [6.07, 6.45) is -2.45. The Bertz CT molecular complexity index is 575. The van der Waals surface area contributed by atoms with Crippen LogP contribution in [0.1, 0.15) is 17.6 Å². The summed E-state index contributed by atoms with van der Waals surface area (Å²) < 4.78 is 26.1. The third-order valence-corrected chi connectivity index (χ3v) is 3.44. The zero-order valence-electron chi connectivity index (χ0n) is 9.84. The van der Waals surface area contributed by atoms with Gasteiger partial charge in [-0.1, -0.05) is 45.7 Å². The summed E-state index contributed by atoms with van der Waals surface area (Å²) in [7, 11) is 0. The number of nitrogens with one attached hydrogen (secondary N) is 1. The molecule has 0 amide bonds. The van der Waals surface area contributed by atoms with Crippen molar-refractivity contribution in [1.82, 2.24) is 0 Å². The molecule has 0 aliphatic heterocycles. The number of rotatable bonds is 4. The van der Waals surface area contributed by atoms with Crippen LogP contribution in [0.15, 0.2) is 46.9 Å². The van der Waals surface area contributed by atoms with E-state index in [1.165, 1.54) is 12.1 Å². The Labute approximate surface area is 123 Å². The molecular formula is C14H11BrClF2N. The molecule has 0 bridgehead atoms. The number of alkyl halides is 2. The summed E-state index contributed by atoms with van der Waals surface area (Å²) in [6, 6.07) is 11.8. The first kappa shape index (κ1) is 14.3. The summed E-state index contributed by atoms with van der Waals surface area (Å²) in [5.74, 6) is 0. The molecule has 1 N–H and O–H groups in total. The van der Waals surface area contributed by atoms with Gasteiger partial charge in [0.2, 0.25) is 0 Å². The third-order valence-electron chi connectivity index (χ3n) is 2.61. The highest BCUT2D eigenvalue weighted by Crippen LogP contribution is 2.26. The Morgan fingerprint density at radius 1 is 1.16 bits per heavy atom. The molecule has 0 aliphatic carbocycles. The van der Waals surface area contributed by atoms with Gasteiger partial charge >= 0.3 is 0 Å².